The minimum Gasteiger partial charge on any atom is -0.339 e. The molecular formula is C10H13N5. The van der Waals surface area contributed by atoms with Crippen LogP contribution in [0, 0.1) is 6.92 Å². The summed E-state index contributed by atoms with van der Waals surface area (Å²) in [5, 5.41) is 0. The summed E-state index contributed by atoms with van der Waals surface area (Å²) >= 11 is 0. The van der Waals surface area contributed by atoms with Gasteiger partial charge in [-0.15, -0.1) is 0 Å². The van der Waals surface area contributed by atoms with Crippen molar-refractivity contribution in [3.05, 3.63) is 30.1 Å². The molecule has 2 aromatic rings. The Bertz CT molecular complexity index is 460. The maximum absolute atomic E-state index is 5.71. The van der Waals surface area contributed by atoms with E-state index in [1.807, 2.05) is 13.8 Å². The lowest BCUT2D eigenvalue weighted by molar-refractivity contribution is 0.756. The molecule has 0 aliphatic rings. The Hall–Kier alpha value is -1.75. The Morgan fingerprint density at radius 1 is 1.27 bits per heavy atom. The van der Waals surface area contributed by atoms with Crippen molar-refractivity contribution in [3.63, 3.8) is 0 Å². The van der Waals surface area contributed by atoms with Crippen LogP contribution in [0.1, 0.15) is 24.5 Å². The van der Waals surface area contributed by atoms with Crippen LogP contribution in [-0.2, 0) is 0 Å². The number of aromatic amines is 1. The number of hydrogen-bond acceptors (Lipinski definition) is 4. The van der Waals surface area contributed by atoms with Gasteiger partial charge in [-0.05, 0) is 13.8 Å². The van der Waals surface area contributed by atoms with Crippen LogP contribution >= 0.6 is 0 Å². The highest BCUT2D eigenvalue weighted by Crippen LogP contribution is 2.17. The molecule has 3 N–H and O–H groups in total. The maximum atomic E-state index is 5.71. The van der Waals surface area contributed by atoms with Crippen LogP contribution in [0.4, 0.5) is 0 Å². The lowest BCUT2D eigenvalue weighted by Crippen LogP contribution is -2.06. The number of H-pyrrole nitrogens is 1. The number of hydrogen-bond donors (Lipinski definition) is 2. The molecule has 0 bridgehead atoms. The smallest absolute Gasteiger partial charge is 0.123 e. The Morgan fingerprint density at radius 3 is 2.60 bits per heavy atom. The zero-order valence-corrected chi connectivity index (χ0v) is 8.73. The third kappa shape index (κ3) is 1.87. The van der Waals surface area contributed by atoms with Gasteiger partial charge in [0.05, 0.1) is 23.6 Å². The molecule has 2 rings (SSSR count). The van der Waals surface area contributed by atoms with Crippen LogP contribution in [0.3, 0.4) is 0 Å². The molecule has 0 spiro atoms. The fraction of sp³-hybridized carbons (Fsp3) is 0.300. The normalized spacial score (nSPS) is 12.7. The summed E-state index contributed by atoms with van der Waals surface area (Å²) in [6.45, 7) is 3.79. The minimum absolute atomic E-state index is 0.101. The molecule has 1 unspecified atom stereocenters. The highest BCUT2D eigenvalue weighted by molar-refractivity contribution is 5.55. The Labute approximate surface area is 87.8 Å². The van der Waals surface area contributed by atoms with Crippen LogP contribution in [0.2, 0.25) is 0 Å². The summed E-state index contributed by atoms with van der Waals surface area (Å²) in [6, 6.07) is -0.101. The zero-order chi connectivity index (χ0) is 10.8. The first kappa shape index (κ1) is 9.79. The van der Waals surface area contributed by atoms with E-state index in [9.17, 15) is 0 Å². The van der Waals surface area contributed by atoms with Gasteiger partial charge in [0.2, 0.25) is 0 Å². The first-order valence-corrected chi connectivity index (χ1v) is 4.77. The highest BCUT2D eigenvalue weighted by Gasteiger charge is 2.09. The van der Waals surface area contributed by atoms with E-state index >= 15 is 0 Å². The van der Waals surface area contributed by atoms with Crippen molar-refractivity contribution in [3.8, 4) is 11.4 Å². The van der Waals surface area contributed by atoms with Gasteiger partial charge in [0.15, 0.2) is 0 Å². The van der Waals surface area contributed by atoms with Gasteiger partial charge in [0, 0.05) is 12.4 Å². The molecule has 78 valence electrons. The second-order valence-corrected chi connectivity index (χ2v) is 3.46. The molecule has 0 aromatic carbocycles. The zero-order valence-electron chi connectivity index (χ0n) is 8.73. The third-order valence-electron chi connectivity index (χ3n) is 2.16. The molecule has 0 saturated carbocycles. The van der Waals surface area contributed by atoms with E-state index in [1.165, 1.54) is 0 Å². The van der Waals surface area contributed by atoms with Crippen LogP contribution in [0.25, 0.3) is 11.4 Å². The van der Waals surface area contributed by atoms with Gasteiger partial charge in [-0.2, -0.15) is 0 Å². The minimum atomic E-state index is -0.101. The summed E-state index contributed by atoms with van der Waals surface area (Å²) in [5.74, 6) is 0.759. The van der Waals surface area contributed by atoms with E-state index in [2.05, 4.69) is 19.9 Å². The molecule has 1 atom stereocenters. The number of aromatic nitrogens is 4. The average molecular weight is 203 g/mol. The van der Waals surface area contributed by atoms with Crippen molar-refractivity contribution >= 4 is 0 Å². The molecule has 0 amide bonds. The fourth-order valence-corrected chi connectivity index (χ4v) is 1.36. The van der Waals surface area contributed by atoms with Crippen molar-refractivity contribution < 1.29 is 0 Å². The molecule has 2 aromatic heterocycles. The summed E-state index contributed by atoms with van der Waals surface area (Å²) in [6.07, 6.45) is 5.06. The molecule has 0 saturated heterocycles. The first-order valence-electron chi connectivity index (χ1n) is 4.77. The van der Waals surface area contributed by atoms with Gasteiger partial charge >= 0.3 is 0 Å². The third-order valence-corrected chi connectivity index (χ3v) is 2.16. The van der Waals surface area contributed by atoms with E-state index in [0.717, 1.165) is 22.9 Å². The molecule has 2 heterocycles. The van der Waals surface area contributed by atoms with Crippen LogP contribution in [-0.4, -0.2) is 19.9 Å². The van der Waals surface area contributed by atoms with Gasteiger partial charge < -0.3 is 10.7 Å². The van der Waals surface area contributed by atoms with Crippen LogP contribution in [0.15, 0.2) is 18.6 Å². The van der Waals surface area contributed by atoms with Gasteiger partial charge in [-0.3, -0.25) is 9.97 Å². The van der Waals surface area contributed by atoms with Crippen molar-refractivity contribution in [2.45, 2.75) is 19.9 Å². The van der Waals surface area contributed by atoms with Crippen molar-refractivity contribution in [2.75, 3.05) is 0 Å². The maximum Gasteiger partial charge on any atom is 0.123 e. The largest absolute Gasteiger partial charge is 0.339 e. The number of imidazole rings is 1. The molecule has 0 radical (unpaired) electrons. The second kappa shape index (κ2) is 3.78. The van der Waals surface area contributed by atoms with Crippen molar-refractivity contribution in [1.29, 1.82) is 0 Å². The van der Waals surface area contributed by atoms with Crippen molar-refractivity contribution in [2.24, 2.45) is 5.73 Å². The topological polar surface area (TPSA) is 80.5 Å². The molecule has 0 fully saturated rings. The van der Waals surface area contributed by atoms with Crippen molar-refractivity contribution in [1.82, 2.24) is 19.9 Å². The van der Waals surface area contributed by atoms with E-state index < -0.39 is 0 Å². The SMILES string of the molecule is Cc1nccnc1-c1cnc(C(C)N)[nH]1. The highest BCUT2D eigenvalue weighted by atomic mass is 15.0. The molecule has 0 aliphatic carbocycles. The molecule has 5 nitrogen and oxygen atoms in total. The number of nitrogens with one attached hydrogen (secondary N) is 1. The van der Waals surface area contributed by atoms with E-state index in [1.54, 1.807) is 18.6 Å². The lowest BCUT2D eigenvalue weighted by atomic mass is 10.2. The van der Waals surface area contributed by atoms with E-state index in [0.29, 0.717) is 0 Å². The number of aryl methyl sites for hydroxylation is 1. The summed E-state index contributed by atoms with van der Waals surface area (Å²) in [4.78, 5) is 15.7. The van der Waals surface area contributed by atoms with Crippen LogP contribution < -0.4 is 5.73 Å². The molecular weight excluding hydrogens is 190 g/mol. The molecule has 0 aliphatic heterocycles. The monoisotopic (exact) mass is 203 g/mol. The van der Waals surface area contributed by atoms with Gasteiger partial charge in [-0.1, -0.05) is 0 Å². The first-order chi connectivity index (χ1) is 7.18. The predicted octanol–water partition coefficient (Wildman–Crippen LogP) is 1.19. The fourth-order valence-electron chi connectivity index (χ4n) is 1.36. The Kier molecular flexibility index (Phi) is 2.47. The molecule has 5 heteroatoms. The Balaban J connectivity index is 2.42. The van der Waals surface area contributed by atoms with Crippen LogP contribution in [0.5, 0.6) is 0 Å². The average Bonchev–Trinajstić information content (AvgIpc) is 2.67. The summed E-state index contributed by atoms with van der Waals surface area (Å²) < 4.78 is 0. The van der Waals surface area contributed by atoms with E-state index in [-0.39, 0.29) is 6.04 Å². The molecule has 15 heavy (non-hydrogen) atoms. The number of nitrogens with two attached hydrogens (primary N) is 1. The Morgan fingerprint density at radius 2 is 2.00 bits per heavy atom. The quantitative estimate of drug-likeness (QED) is 0.768. The summed E-state index contributed by atoms with van der Waals surface area (Å²) in [7, 11) is 0. The van der Waals surface area contributed by atoms with Gasteiger partial charge in [0.25, 0.3) is 0 Å². The summed E-state index contributed by atoms with van der Waals surface area (Å²) in [5.41, 5.74) is 8.26. The van der Waals surface area contributed by atoms with Gasteiger partial charge in [-0.25, -0.2) is 4.98 Å². The van der Waals surface area contributed by atoms with E-state index in [4.69, 9.17) is 5.73 Å². The number of nitrogens with zero attached hydrogens (tertiary/aromatic N) is 3. The number of rotatable bonds is 2. The predicted molar refractivity (Wildman–Crippen MR) is 57.0 cm³/mol. The lowest BCUT2D eigenvalue weighted by Gasteiger charge is -2.01. The standard InChI is InChI=1S/C10H13N5/c1-6(11)10-14-5-8(15-10)9-7(2)12-3-4-13-9/h3-6H,11H2,1-2H3,(H,14,15). The second-order valence-electron chi connectivity index (χ2n) is 3.46. The van der Waals surface area contributed by atoms with Gasteiger partial charge in [0.1, 0.15) is 11.5 Å².